The number of rotatable bonds is 6. The minimum Gasteiger partial charge on any atom is -0.348 e. The number of nitrogens with two attached hydrogens (primary N) is 1. The van der Waals surface area contributed by atoms with Crippen LogP contribution in [0.25, 0.3) is 0 Å². The molecule has 1 unspecified atom stereocenters. The Balaban J connectivity index is 0.00000288. The number of carbonyl (C=O) groups excluding carboxylic acids is 1. The van der Waals surface area contributed by atoms with E-state index in [0.29, 0.717) is 18.0 Å². The highest BCUT2D eigenvalue weighted by molar-refractivity contribution is 7.89. The van der Waals surface area contributed by atoms with Crippen LogP contribution in [0.1, 0.15) is 44.0 Å². The lowest BCUT2D eigenvalue weighted by atomic mass is 10.1. The topological polar surface area (TPSA) is 101 Å². The van der Waals surface area contributed by atoms with Gasteiger partial charge in [0.1, 0.15) is 0 Å². The Bertz CT molecular complexity index is 665. The van der Waals surface area contributed by atoms with Gasteiger partial charge >= 0.3 is 0 Å². The van der Waals surface area contributed by atoms with Gasteiger partial charge in [0.05, 0.1) is 4.90 Å². The summed E-state index contributed by atoms with van der Waals surface area (Å²) in [5.41, 5.74) is 5.55. The van der Waals surface area contributed by atoms with Crippen molar-refractivity contribution in [3.8, 4) is 0 Å². The highest BCUT2D eigenvalue weighted by Gasteiger charge is 2.31. The van der Waals surface area contributed by atoms with E-state index < -0.39 is 15.6 Å². The van der Waals surface area contributed by atoms with Crippen LogP contribution >= 0.6 is 12.4 Å². The molecule has 1 aromatic carbocycles. The molecule has 0 radical (unpaired) electrons. The maximum Gasteiger partial charge on any atom is 0.251 e. The molecule has 4 N–H and O–H groups in total. The maximum atomic E-state index is 12.2. The fourth-order valence-corrected chi connectivity index (χ4v) is 3.79. The van der Waals surface area contributed by atoms with Crippen molar-refractivity contribution in [1.29, 1.82) is 0 Å². The molecule has 1 saturated carbocycles. The number of amides is 1. The zero-order chi connectivity index (χ0) is 17.3. The molecular formula is C16H26ClN3O3S. The first-order chi connectivity index (χ1) is 10.6. The third-order valence-electron chi connectivity index (χ3n) is 3.63. The van der Waals surface area contributed by atoms with E-state index in [2.05, 4.69) is 10.0 Å². The van der Waals surface area contributed by atoms with E-state index in [1.807, 2.05) is 0 Å². The second-order valence-electron chi connectivity index (χ2n) is 7.03. The van der Waals surface area contributed by atoms with Gasteiger partial charge in [-0.3, -0.25) is 4.79 Å². The largest absolute Gasteiger partial charge is 0.348 e. The van der Waals surface area contributed by atoms with Gasteiger partial charge in [-0.15, -0.1) is 12.4 Å². The van der Waals surface area contributed by atoms with E-state index in [1.54, 1.807) is 20.8 Å². The van der Waals surface area contributed by atoms with Gasteiger partial charge in [0.2, 0.25) is 10.0 Å². The van der Waals surface area contributed by atoms with Crippen LogP contribution < -0.4 is 15.8 Å². The van der Waals surface area contributed by atoms with Gasteiger partial charge in [0.15, 0.2) is 0 Å². The van der Waals surface area contributed by atoms with Gasteiger partial charge < -0.3 is 11.1 Å². The Morgan fingerprint density at radius 3 is 2.21 bits per heavy atom. The van der Waals surface area contributed by atoms with Crippen LogP contribution in [0.5, 0.6) is 0 Å². The van der Waals surface area contributed by atoms with Crippen molar-refractivity contribution in [2.45, 2.75) is 50.1 Å². The SMILES string of the molecule is CC(C)(C)NS(=O)(=O)c1ccc(C(=O)NC(CN)C2CC2)cc1.Cl. The molecule has 0 spiro atoms. The zero-order valence-electron chi connectivity index (χ0n) is 14.2. The summed E-state index contributed by atoms with van der Waals surface area (Å²) in [7, 11) is -3.59. The van der Waals surface area contributed by atoms with Crippen molar-refractivity contribution in [2.75, 3.05) is 6.54 Å². The lowest BCUT2D eigenvalue weighted by molar-refractivity contribution is 0.0933. The first-order valence-corrected chi connectivity index (χ1v) is 9.26. The predicted molar refractivity (Wildman–Crippen MR) is 96.8 cm³/mol. The van der Waals surface area contributed by atoms with Gasteiger partial charge in [-0.1, -0.05) is 0 Å². The molecule has 24 heavy (non-hydrogen) atoms. The number of hydrogen-bond acceptors (Lipinski definition) is 4. The Labute approximate surface area is 150 Å². The van der Waals surface area contributed by atoms with E-state index >= 15 is 0 Å². The highest BCUT2D eigenvalue weighted by atomic mass is 35.5. The van der Waals surface area contributed by atoms with Crippen LogP contribution in [0, 0.1) is 5.92 Å². The van der Waals surface area contributed by atoms with Crippen LogP contribution in [0.2, 0.25) is 0 Å². The molecule has 0 aromatic heterocycles. The van der Waals surface area contributed by atoms with E-state index in [9.17, 15) is 13.2 Å². The smallest absolute Gasteiger partial charge is 0.251 e. The van der Waals surface area contributed by atoms with Crippen LogP contribution in [0.4, 0.5) is 0 Å². The van der Waals surface area contributed by atoms with Crippen LogP contribution in [-0.2, 0) is 10.0 Å². The van der Waals surface area contributed by atoms with Crippen molar-refractivity contribution < 1.29 is 13.2 Å². The summed E-state index contributed by atoms with van der Waals surface area (Å²) < 4.78 is 27.0. The van der Waals surface area contributed by atoms with Crippen molar-refractivity contribution in [1.82, 2.24) is 10.0 Å². The standard InChI is InChI=1S/C16H25N3O3S.ClH/c1-16(2,3)19-23(21,22)13-8-6-12(7-9-13)15(20)18-14(10-17)11-4-5-11;/h6-9,11,14,19H,4-5,10,17H2,1-3H3,(H,18,20);1H. The molecule has 1 aromatic rings. The summed E-state index contributed by atoms with van der Waals surface area (Å²) in [6.45, 7) is 5.74. The Kier molecular flexibility index (Phi) is 6.81. The summed E-state index contributed by atoms with van der Waals surface area (Å²) >= 11 is 0. The molecule has 1 aliphatic carbocycles. The summed E-state index contributed by atoms with van der Waals surface area (Å²) in [6.07, 6.45) is 2.19. The van der Waals surface area contributed by atoms with Gasteiger partial charge in [0, 0.05) is 23.7 Å². The fourth-order valence-electron chi connectivity index (χ4n) is 2.37. The first kappa shape index (κ1) is 20.9. The normalized spacial score (nSPS) is 16.2. The van der Waals surface area contributed by atoms with E-state index in [4.69, 9.17) is 5.73 Å². The van der Waals surface area contributed by atoms with Crippen LogP contribution in [-0.4, -0.2) is 32.5 Å². The van der Waals surface area contributed by atoms with Gasteiger partial charge in [-0.2, -0.15) is 0 Å². The molecule has 0 aliphatic heterocycles. The first-order valence-electron chi connectivity index (χ1n) is 7.77. The van der Waals surface area contributed by atoms with Gasteiger partial charge in [0.25, 0.3) is 5.91 Å². The molecule has 1 atom stereocenters. The maximum absolute atomic E-state index is 12.2. The Hall–Kier alpha value is -1.15. The molecule has 1 aliphatic rings. The molecule has 2 rings (SSSR count). The highest BCUT2D eigenvalue weighted by Crippen LogP contribution is 2.32. The number of nitrogens with one attached hydrogen (secondary N) is 2. The summed E-state index contributed by atoms with van der Waals surface area (Å²) in [5, 5.41) is 2.91. The Morgan fingerprint density at radius 1 is 1.25 bits per heavy atom. The monoisotopic (exact) mass is 375 g/mol. The number of benzene rings is 1. The quantitative estimate of drug-likeness (QED) is 0.703. The average Bonchev–Trinajstić information content (AvgIpc) is 3.26. The van der Waals surface area contributed by atoms with E-state index in [0.717, 1.165) is 12.8 Å². The van der Waals surface area contributed by atoms with Crippen LogP contribution in [0.3, 0.4) is 0 Å². The third-order valence-corrected chi connectivity index (χ3v) is 5.40. The van der Waals surface area contributed by atoms with Crippen molar-refractivity contribution >= 4 is 28.3 Å². The summed E-state index contributed by atoms with van der Waals surface area (Å²) in [4.78, 5) is 12.3. The number of carbonyl (C=O) groups is 1. The van der Waals surface area contributed by atoms with Gasteiger partial charge in [-0.25, -0.2) is 13.1 Å². The Morgan fingerprint density at radius 2 is 1.79 bits per heavy atom. The van der Waals surface area contributed by atoms with E-state index in [1.165, 1.54) is 24.3 Å². The second-order valence-corrected chi connectivity index (χ2v) is 8.72. The predicted octanol–water partition coefficient (Wildman–Crippen LogP) is 1.65. The zero-order valence-corrected chi connectivity index (χ0v) is 15.8. The molecule has 0 heterocycles. The summed E-state index contributed by atoms with van der Waals surface area (Å²) in [5.74, 6) is 0.250. The molecule has 6 nitrogen and oxygen atoms in total. The molecule has 0 saturated heterocycles. The molecule has 1 amide bonds. The number of halogens is 1. The lowest BCUT2D eigenvalue weighted by Gasteiger charge is -2.20. The molecule has 136 valence electrons. The minimum absolute atomic E-state index is 0. The average molecular weight is 376 g/mol. The lowest BCUT2D eigenvalue weighted by Crippen LogP contribution is -2.42. The van der Waals surface area contributed by atoms with Gasteiger partial charge in [-0.05, 0) is 63.8 Å². The number of sulfonamides is 1. The molecule has 1 fully saturated rings. The van der Waals surface area contributed by atoms with Crippen molar-refractivity contribution in [2.24, 2.45) is 11.7 Å². The second kappa shape index (κ2) is 7.82. The molecule has 0 bridgehead atoms. The number of hydrogen-bond donors (Lipinski definition) is 3. The summed E-state index contributed by atoms with van der Waals surface area (Å²) in [6, 6.07) is 5.92. The molecule has 8 heteroatoms. The molecular weight excluding hydrogens is 350 g/mol. The van der Waals surface area contributed by atoms with Crippen molar-refractivity contribution in [3.63, 3.8) is 0 Å². The van der Waals surface area contributed by atoms with E-state index in [-0.39, 0.29) is 29.3 Å². The van der Waals surface area contributed by atoms with Crippen LogP contribution in [0.15, 0.2) is 29.2 Å². The minimum atomic E-state index is -3.59. The van der Waals surface area contributed by atoms with Crippen molar-refractivity contribution in [3.05, 3.63) is 29.8 Å². The third kappa shape index (κ3) is 5.73. The fraction of sp³-hybridized carbons (Fsp3) is 0.562.